The first-order valence-corrected chi connectivity index (χ1v) is 11.0. The Hall–Kier alpha value is -4.42. The highest BCUT2D eigenvalue weighted by atomic mass is 35.5. The van der Waals surface area contributed by atoms with E-state index in [0.717, 1.165) is 27.5 Å². The summed E-state index contributed by atoms with van der Waals surface area (Å²) < 4.78 is 5.75. The molecular formula is C27H17ClN4O2. The van der Waals surface area contributed by atoms with Crippen LogP contribution in [0.25, 0.3) is 38.8 Å². The quantitative estimate of drug-likeness (QED) is 0.313. The van der Waals surface area contributed by atoms with Crippen molar-refractivity contribution in [2.45, 2.75) is 0 Å². The third kappa shape index (κ3) is 3.70. The molecule has 2 heterocycles. The molecule has 0 saturated heterocycles. The molecule has 0 radical (unpaired) electrons. The molecular weight excluding hydrogens is 448 g/mol. The first kappa shape index (κ1) is 20.2. The SMILES string of the molecule is O=C(Nc1ccc2nn(-c3cccc4ccccc34)nc2c1)c1ccc(-c2ccc(Cl)cc2)o1. The molecule has 0 fully saturated rings. The maximum atomic E-state index is 12.8. The van der Waals surface area contributed by atoms with E-state index in [2.05, 4.69) is 27.6 Å². The summed E-state index contributed by atoms with van der Waals surface area (Å²) in [6.45, 7) is 0. The van der Waals surface area contributed by atoms with Gasteiger partial charge in [-0.3, -0.25) is 4.79 Å². The number of benzene rings is 4. The van der Waals surface area contributed by atoms with E-state index in [1.165, 1.54) is 0 Å². The van der Waals surface area contributed by atoms with Gasteiger partial charge in [0, 0.05) is 21.7 Å². The Kier molecular flexibility index (Phi) is 4.86. The van der Waals surface area contributed by atoms with Crippen molar-refractivity contribution in [3.63, 3.8) is 0 Å². The van der Waals surface area contributed by atoms with Crippen LogP contribution < -0.4 is 5.32 Å². The number of carbonyl (C=O) groups excluding carboxylic acids is 1. The minimum absolute atomic E-state index is 0.212. The molecule has 0 bridgehead atoms. The number of aromatic nitrogens is 3. The normalized spacial score (nSPS) is 11.2. The maximum absolute atomic E-state index is 12.8. The van der Waals surface area contributed by atoms with Gasteiger partial charge in [-0.25, -0.2) is 0 Å². The second-order valence-corrected chi connectivity index (χ2v) is 8.25. The van der Waals surface area contributed by atoms with Gasteiger partial charge in [0.25, 0.3) is 5.91 Å². The highest BCUT2D eigenvalue weighted by Crippen LogP contribution is 2.26. The standard InChI is InChI=1S/C27H17ClN4O2/c28-19-10-8-18(9-11-19)25-14-15-26(34-25)27(33)29-20-12-13-22-23(16-20)31-32(30-22)24-7-3-5-17-4-1-2-6-21(17)24/h1-16H,(H,29,33). The number of nitrogens with one attached hydrogen (secondary N) is 1. The van der Waals surface area contributed by atoms with Crippen LogP contribution in [0.4, 0.5) is 5.69 Å². The number of nitrogens with zero attached hydrogens (tertiary/aromatic N) is 3. The van der Waals surface area contributed by atoms with Crippen LogP contribution in [0.2, 0.25) is 5.02 Å². The Morgan fingerprint density at radius 1 is 0.824 bits per heavy atom. The molecule has 164 valence electrons. The van der Waals surface area contributed by atoms with E-state index in [-0.39, 0.29) is 11.7 Å². The van der Waals surface area contributed by atoms with Crippen molar-refractivity contribution in [1.82, 2.24) is 15.0 Å². The molecule has 4 aromatic carbocycles. The zero-order valence-electron chi connectivity index (χ0n) is 17.8. The smallest absolute Gasteiger partial charge is 0.291 e. The number of rotatable bonds is 4. The van der Waals surface area contributed by atoms with Crippen molar-refractivity contribution in [2.24, 2.45) is 0 Å². The Bertz CT molecular complexity index is 1660. The lowest BCUT2D eigenvalue weighted by atomic mass is 10.1. The highest BCUT2D eigenvalue weighted by Gasteiger charge is 2.14. The van der Waals surface area contributed by atoms with E-state index in [1.54, 1.807) is 41.2 Å². The van der Waals surface area contributed by atoms with Gasteiger partial charge in [0.1, 0.15) is 16.8 Å². The molecule has 0 atom stereocenters. The number of carbonyl (C=O) groups is 1. The third-order valence-corrected chi connectivity index (χ3v) is 5.83. The lowest BCUT2D eigenvalue weighted by Gasteiger charge is -2.04. The summed E-state index contributed by atoms with van der Waals surface area (Å²) in [6, 6.07) is 30.2. The van der Waals surface area contributed by atoms with Gasteiger partial charge < -0.3 is 9.73 Å². The Balaban J connectivity index is 1.26. The number of halogens is 1. The maximum Gasteiger partial charge on any atom is 0.291 e. The van der Waals surface area contributed by atoms with Crippen LogP contribution in [0.1, 0.15) is 10.6 Å². The minimum atomic E-state index is -0.346. The lowest BCUT2D eigenvalue weighted by Crippen LogP contribution is -2.10. The number of amides is 1. The number of hydrogen-bond donors (Lipinski definition) is 1. The van der Waals surface area contributed by atoms with Crippen molar-refractivity contribution in [1.29, 1.82) is 0 Å². The fourth-order valence-electron chi connectivity index (χ4n) is 3.90. The van der Waals surface area contributed by atoms with Gasteiger partial charge in [0.15, 0.2) is 5.76 Å². The fraction of sp³-hybridized carbons (Fsp3) is 0. The molecule has 1 amide bonds. The fourth-order valence-corrected chi connectivity index (χ4v) is 4.03. The Morgan fingerprint density at radius 2 is 1.62 bits per heavy atom. The Labute approximate surface area is 199 Å². The molecule has 0 spiro atoms. The summed E-state index contributed by atoms with van der Waals surface area (Å²) in [5.74, 6) is 0.459. The van der Waals surface area contributed by atoms with Gasteiger partial charge in [-0.2, -0.15) is 0 Å². The molecule has 34 heavy (non-hydrogen) atoms. The monoisotopic (exact) mass is 464 g/mol. The first-order valence-electron chi connectivity index (χ1n) is 10.7. The van der Waals surface area contributed by atoms with Crippen LogP contribution >= 0.6 is 11.6 Å². The van der Waals surface area contributed by atoms with Crippen molar-refractivity contribution < 1.29 is 9.21 Å². The van der Waals surface area contributed by atoms with Gasteiger partial charge >= 0.3 is 0 Å². The van der Waals surface area contributed by atoms with E-state index in [1.807, 2.05) is 48.5 Å². The highest BCUT2D eigenvalue weighted by molar-refractivity contribution is 6.30. The van der Waals surface area contributed by atoms with Crippen LogP contribution in [0, 0.1) is 0 Å². The van der Waals surface area contributed by atoms with E-state index in [9.17, 15) is 4.79 Å². The average molecular weight is 465 g/mol. The second kappa shape index (κ2) is 8.17. The summed E-state index contributed by atoms with van der Waals surface area (Å²) in [5, 5.41) is 15.0. The molecule has 7 heteroatoms. The second-order valence-electron chi connectivity index (χ2n) is 7.82. The molecule has 2 aromatic heterocycles. The summed E-state index contributed by atoms with van der Waals surface area (Å²) >= 11 is 5.94. The van der Waals surface area contributed by atoms with E-state index in [4.69, 9.17) is 16.0 Å². The zero-order chi connectivity index (χ0) is 23.1. The number of furan rings is 1. The predicted octanol–water partition coefficient (Wildman–Crippen LogP) is 6.74. The van der Waals surface area contributed by atoms with Crippen LogP contribution in [0.5, 0.6) is 0 Å². The average Bonchev–Trinajstić information content (AvgIpc) is 3.52. The molecule has 6 rings (SSSR count). The van der Waals surface area contributed by atoms with E-state index in [0.29, 0.717) is 22.0 Å². The zero-order valence-corrected chi connectivity index (χ0v) is 18.5. The van der Waals surface area contributed by atoms with Crippen molar-refractivity contribution in [3.05, 3.63) is 108 Å². The summed E-state index contributed by atoms with van der Waals surface area (Å²) in [5.41, 5.74) is 3.74. The van der Waals surface area contributed by atoms with Crippen LogP contribution in [-0.2, 0) is 0 Å². The molecule has 0 saturated carbocycles. The third-order valence-electron chi connectivity index (χ3n) is 5.58. The Morgan fingerprint density at radius 3 is 2.50 bits per heavy atom. The lowest BCUT2D eigenvalue weighted by molar-refractivity contribution is 0.0997. The van der Waals surface area contributed by atoms with Crippen molar-refractivity contribution >= 4 is 45.0 Å². The van der Waals surface area contributed by atoms with Gasteiger partial charge in [-0.05, 0) is 66.0 Å². The van der Waals surface area contributed by atoms with Crippen molar-refractivity contribution in [2.75, 3.05) is 5.32 Å². The number of fused-ring (bicyclic) bond motifs is 2. The van der Waals surface area contributed by atoms with Gasteiger partial charge in [0.2, 0.25) is 0 Å². The topological polar surface area (TPSA) is 73.0 Å². The van der Waals surface area contributed by atoms with Crippen LogP contribution in [0.3, 0.4) is 0 Å². The molecule has 6 nitrogen and oxygen atoms in total. The predicted molar refractivity (Wildman–Crippen MR) is 133 cm³/mol. The molecule has 0 aliphatic rings. The summed E-state index contributed by atoms with van der Waals surface area (Å²) in [7, 11) is 0. The minimum Gasteiger partial charge on any atom is -0.451 e. The molecule has 0 aliphatic carbocycles. The largest absolute Gasteiger partial charge is 0.451 e. The summed E-state index contributed by atoms with van der Waals surface area (Å²) in [4.78, 5) is 14.4. The van der Waals surface area contributed by atoms with Gasteiger partial charge in [0.05, 0.1) is 5.69 Å². The van der Waals surface area contributed by atoms with E-state index >= 15 is 0 Å². The van der Waals surface area contributed by atoms with Gasteiger partial charge in [-0.15, -0.1) is 15.0 Å². The number of anilines is 1. The van der Waals surface area contributed by atoms with Gasteiger partial charge in [-0.1, -0.05) is 48.0 Å². The number of hydrogen-bond acceptors (Lipinski definition) is 4. The van der Waals surface area contributed by atoms with Crippen LogP contribution in [-0.4, -0.2) is 20.9 Å². The van der Waals surface area contributed by atoms with Crippen LogP contribution in [0.15, 0.2) is 101 Å². The molecule has 1 N–H and O–H groups in total. The molecule has 0 aliphatic heterocycles. The molecule has 0 unspecified atom stereocenters. The first-order chi connectivity index (χ1) is 16.6. The summed E-state index contributed by atoms with van der Waals surface area (Å²) in [6.07, 6.45) is 0. The molecule has 6 aromatic rings. The van der Waals surface area contributed by atoms with Crippen molar-refractivity contribution in [3.8, 4) is 17.0 Å². The van der Waals surface area contributed by atoms with E-state index < -0.39 is 0 Å².